The van der Waals surface area contributed by atoms with Crippen molar-refractivity contribution >= 4 is 27.9 Å². The maximum atomic E-state index is 4.66. The van der Waals surface area contributed by atoms with Gasteiger partial charge in [0.15, 0.2) is 0 Å². The molecular weight excluding hydrogens is 266 g/mol. The van der Waals surface area contributed by atoms with E-state index in [1.165, 1.54) is 4.88 Å². The molecule has 0 saturated carbocycles. The maximum Gasteiger partial charge on any atom is 0.0936 e. The van der Waals surface area contributed by atoms with Crippen molar-refractivity contribution in [3.05, 3.63) is 52.1 Å². The van der Waals surface area contributed by atoms with Gasteiger partial charge in [-0.1, -0.05) is 18.2 Å². The molecule has 0 amide bonds. The predicted octanol–water partition coefficient (Wildman–Crippen LogP) is 4.48. The van der Waals surface area contributed by atoms with Crippen LogP contribution in [-0.4, -0.2) is 9.97 Å². The fraction of sp³-hybridized carbons (Fsp3) is 0.250. The van der Waals surface area contributed by atoms with Crippen LogP contribution >= 0.6 is 11.3 Å². The third kappa shape index (κ3) is 2.39. The first-order valence-corrected chi connectivity index (χ1v) is 7.56. The predicted molar refractivity (Wildman–Crippen MR) is 85.4 cm³/mol. The first kappa shape index (κ1) is 13.1. The number of aromatic nitrogens is 2. The Balaban J connectivity index is 1.98. The van der Waals surface area contributed by atoms with Gasteiger partial charge in [0.2, 0.25) is 0 Å². The molecule has 0 bridgehead atoms. The zero-order chi connectivity index (χ0) is 14.1. The monoisotopic (exact) mass is 283 g/mol. The Hall–Kier alpha value is -1.94. The summed E-state index contributed by atoms with van der Waals surface area (Å²) >= 11 is 1.69. The molecule has 1 unspecified atom stereocenters. The molecule has 102 valence electrons. The van der Waals surface area contributed by atoms with Crippen molar-refractivity contribution in [3.8, 4) is 0 Å². The maximum absolute atomic E-state index is 4.66. The molecule has 0 spiro atoms. The smallest absolute Gasteiger partial charge is 0.0936 e. The number of para-hydroxylation sites is 1. The second kappa shape index (κ2) is 5.21. The summed E-state index contributed by atoms with van der Waals surface area (Å²) in [5.41, 5.74) is 6.13. The highest BCUT2D eigenvalue weighted by Crippen LogP contribution is 2.28. The molecule has 0 aliphatic rings. The lowest BCUT2D eigenvalue weighted by Gasteiger charge is -2.16. The Morgan fingerprint density at radius 3 is 2.75 bits per heavy atom. The average Bonchev–Trinajstić information content (AvgIpc) is 2.86. The van der Waals surface area contributed by atoms with Gasteiger partial charge in [-0.05, 0) is 32.9 Å². The molecule has 0 aliphatic heterocycles. The topological polar surface area (TPSA) is 37.8 Å². The normalized spacial score (nSPS) is 12.6. The molecule has 2 aromatic heterocycles. The zero-order valence-electron chi connectivity index (χ0n) is 11.8. The molecule has 3 nitrogen and oxygen atoms in total. The summed E-state index contributed by atoms with van der Waals surface area (Å²) in [7, 11) is 0. The van der Waals surface area contributed by atoms with Gasteiger partial charge in [-0.15, -0.1) is 11.3 Å². The standard InChI is InChI=1S/C16H17N3S/c1-10-7-8-13-5-4-6-14(15(13)18-10)19-12(3)16-11(2)17-9-20-16/h4-9,12,19H,1-3H3. The molecule has 4 heteroatoms. The summed E-state index contributed by atoms with van der Waals surface area (Å²) in [4.78, 5) is 10.2. The highest BCUT2D eigenvalue weighted by Gasteiger charge is 2.12. The van der Waals surface area contributed by atoms with Gasteiger partial charge in [0.05, 0.1) is 28.5 Å². The summed E-state index contributed by atoms with van der Waals surface area (Å²) in [6.07, 6.45) is 0. The number of thiazole rings is 1. The van der Waals surface area contributed by atoms with Gasteiger partial charge in [0.1, 0.15) is 0 Å². The Morgan fingerprint density at radius 1 is 1.15 bits per heavy atom. The molecular formula is C16H17N3S. The molecule has 0 fully saturated rings. The van der Waals surface area contributed by atoms with E-state index in [0.29, 0.717) is 0 Å². The van der Waals surface area contributed by atoms with Crippen LogP contribution in [0.25, 0.3) is 10.9 Å². The molecule has 1 aromatic carbocycles. The quantitative estimate of drug-likeness (QED) is 0.770. The van der Waals surface area contributed by atoms with Crippen molar-refractivity contribution in [2.24, 2.45) is 0 Å². The lowest BCUT2D eigenvalue weighted by molar-refractivity contribution is 0.891. The van der Waals surface area contributed by atoms with Gasteiger partial charge in [-0.2, -0.15) is 0 Å². The molecule has 0 aliphatic carbocycles. The number of rotatable bonds is 3. The third-order valence-electron chi connectivity index (χ3n) is 3.41. The first-order chi connectivity index (χ1) is 9.65. The third-order valence-corrected chi connectivity index (χ3v) is 4.52. The van der Waals surface area contributed by atoms with E-state index in [1.54, 1.807) is 11.3 Å². The minimum atomic E-state index is 0.232. The van der Waals surface area contributed by atoms with Crippen LogP contribution in [0.3, 0.4) is 0 Å². The fourth-order valence-corrected chi connectivity index (χ4v) is 3.20. The first-order valence-electron chi connectivity index (χ1n) is 6.68. The van der Waals surface area contributed by atoms with E-state index in [-0.39, 0.29) is 6.04 Å². The number of nitrogens with zero attached hydrogens (tertiary/aromatic N) is 2. The van der Waals surface area contributed by atoms with Gasteiger partial charge in [0, 0.05) is 16.0 Å². The minimum Gasteiger partial charge on any atom is -0.376 e. The highest BCUT2D eigenvalue weighted by molar-refractivity contribution is 7.09. The number of benzene rings is 1. The van der Waals surface area contributed by atoms with Gasteiger partial charge in [0.25, 0.3) is 0 Å². The largest absolute Gasteiger partial charge is 0.376 e. The van der Waals surface area contributed by atoms with Crippen molar-refractivity contribution < 1.29 is 0 Å². The summed E-state index contributed by atoms with van der Waals surface area (Å²) in [5, 5.41) is 4.72. The van der Waals surface area contributed by atoms with Crippen molar-refractivity contribution in [2.45, 2.75) is 26.8 Å². The minimum absolute atomic E-state index is 0.232. The molecule has 1 N–H and O–H groups in total. The van der Waals surface area contributed by atoms with Crippen LogP contribution in [0.5, 0.6) is 0 Å². The van der Waals surface area contributed by atoms with E-state index in [9.17, 15) is 0 Å². The van der Waals surface area contributed by atoms with Gasteiger partial charge in [-0.25, -0.2) is 4.98 Å². The van der Waals surface area contributed by atoms with Gasteiger partial charge < -0.3 is 5.32 Å². The lowest BCUT2D eigenvalue weighted by atomic mass is 10.1. The molecule has 0 radical (unpaired) electrons. The van der Waals surface area contributed by atoms with E-state index in [1.807, 2.05) is 18.5 Å². The number of hydrogen-bond acceptors (Lipinski definition) is 4. The van der Waals surface area contributed by atoms with Crippen LogP contribution in [0.15, 0.2) is 35.8 Å². The Bertz CT molecular complexity index is 748. The molecule has 0 saturated heterocycles. The van der Waals surface area contributed by atoms with Crippen molar-refractivity contribution in [3.63, 3.8) is 0 Å². The average molecular weight is 283 g/mol. The lowest BCUT2D eigenvalue weighted by Crippen LogP contribution is -2.07. The number of hydrogen-bond donors (Lipinski definition) is 1. The van der Waals surface area contributed by atoms with Crippen LogP contribution in [0.1, 0.15) is 29.2 Å². The molecule has 3 aromatic rings. The number of anilines is 1. The van der Waals surface area contributed by atoms with E-state index >= 15 is 0 Å². The molecule has 2 heterocycles. The molecule has 1 atom stereocenters. The van der Waals surface area contributed by atoms with Crippen LogP contribution in [0.2, 0.25) is 0 Å². The van der Waals surface area contributed by atoms with Gasteiger partial charge in [-0.3, -0.25) is 4.98 Å². The van der Waals surface area contributed by atoms with E-state index < -0.39 is 0 Å². The second-order valence-electron chi connectivity index (χ2n) is 5.00. The summed E-state index contributed by atoms with van der Waals surface area (Å²) in [5.74, 6) is 0. The Morgan fingerprint density at radius 2 is 2.00 bits per heavy atom. The van der Waals surface area contributed by atoms with Crippen LogP contribution in [0, 0.1) is 13.8 Å². The summed E-state index contributed by atoms with van der Waals surface area (Å²) < 4.78 is 0. The van der Waals surface area contributed by atoms with Crippen LogP contribution in [0.4, 0.5) is 5.69 Å². The Labute approximate surface area is 122 Å². The van der Waals surface area contributed by atoms with Crippen molar-refractivity contribution in [1.29, 1.82) is 0 Å². The summed E-state index contributed by atoms with van der Waals surface area (Å²) in [6.45, 7) is 6.23. The van der Waals surface area contributed by atoms with Gasteiger partial charge >= 0.3 is 0 Å². The number of nitrogens with one attached hydrogen (secondary N) is 1. The molecule has 20 heavy (non-hydrogen) atoms. The van der Waals surface area contributed by atoms with Crippen molar-refractivity contribution in [1.82, 2.24) is 9.97 Å². The fourth-order valence-electron chi connectivity index (χ4n) is 2.39. The Kier molecular flexibility index (Phi) is 3.40. The van der Waals surface area contributed by atoms with E-state index in [2.05, 4.69) is 53.4 Å². The SMILES string of the molecule is Cc1ccc2cccc(NC(C)c3scnc3C)c2n1. The number of pyridine rings is 1. The van der Waals surface area contributed by atoms with E-state index in [4.69, 9.17) is 0 Å². The number of aryl methyl sites for hydroxylation is 2. The van der Waals surface area contributed by atoms with Crippen LogP contribution < -0.4 is 5.32 Å². The summed E-state index contributed by atoms with van der Waals surface area (Å²) in [6, 6.07) is 10.6. The van der Waals surface area contributed by atoms with Crippen LogP contribution in [-0.2, 0) is 0 Å². The highest BCUT2D eigenvalue weighted by atomic mass is 32.1. The second-order valence-corrected chi connectivity index (χ2v) is 5.88. The van der Waals surface area contributed by atoms with E-state index in [0.717, 1.165) is 28.0 Å². The molecule has 3 rings (SSSR count). The zero-order valence-corrected chi connectivity index (χ0v) is 12.7. The van der Waals surface area contributed by atoms with Crippen molar-refractivity contribution in [2.75, 3.05) is 5.32 Å². The number of fused-ring (bicyclic) bond motifs is 1.